The van der Waals surface area contributed by atoms with Crippen molar-refractivity contribution in [3.63, 3.8) is 0 Å². The molecule has 0 radical (unpaired) electrons. The van der Waals surface area contributed by atoms with E-state index in [1.807, 2.05) is 12.1 Å². The average Bonchev–Trinajstić information content (AvgIpc) is 3.23. The van der Waals surface area contributed by atoms with Crippen molar-refractivity contribution in [1.82, 2.24) is 0 Å². The molecule has 0 saturated carbocycles. The summed E-state index contributed by atoms with van der Waals surface area (Å²) >= 11 is 0. The molecule has 10 aromatic rings. The molecule has 0 saturated heterocycles. The lowest BCUT2D eigenvalue weighted by atomic mass is 9.85. The first kappa shape index (κ1) is 29.4. The fourth-order valence-electron chi connectivity index (χ4n) is 9.18. The zero-order valence-corrected chi connectivity index (χ0v) is 29.1. The van der Waals surface area contributed by atoms with E-state index in [1.165, 1.54) is 76.8 Å². The summed E-state index contributed by atoms with van der Waals surface area (Å²) in [5.41, 5.74) is 12.0. The summed E-state index contributed by atoms with van der Waals surface area (Å²) in [7, 11) is 0. The normalized spacial score (nSPS) is 12.4. The molecule has 12 rings (SSSR count). The van der Waals surface area contributed by atoms with E-state index in [0.29, 0.717) is 0 Å². The number of hydrogen-bond acceptors (Lipinski definition) is 2. The third-order valence-corrected chi connectivity index (χ3v) is 11.5. The summed E-state index contributed by atoms with van der Waals surface area (Å²) in [6.07, 6.45) is 0. The van der Waals surface area contributed by atoms with Crippen molar-refractivity contribution in [2.24, 2.45) is 0 Å². The highest BCUT2D eigenvalue weighted by molar-refractivity contribution is 6.18. The van der Waals surface area contributed by atoms with Gasteiger partial charge in [-0.25, -0.2) is 0 Å². The quantitative estimate of drug-likeness (QED) is 0.184. The number of ether oxygens (including phenoxy) is 2. The van der Waals surface area contributed by atoms with Crippen LogP contribution in [0.5, 0.6) is 23.0 Å². The standard InChI is InChI=1S/C52H30O2/c1-2-12-32-31(11-1)37(25-26-38(32)40-28-30-46-42-14-4-6-22-48(42)54-50-24-10-20-44(40)52(46)50)35-17-7-16-34-33(35)15-8-18-36(34)39-27-29-45-41-13-3-5-21-47(41)53-49-23-9-19-43(39)51(45)49/h1-30H. The molecule has 2 heterocycles. The Balaban J connectivity index is 1.04. The lowest BCUT2D eigenvalue weighted by Crippen LogP contribution is -1.98. The molecule has 0 N–H and O–H groups in total. The van der Waals surface area contributed by atoms with Crippen LogP contribution in [0.1, 0.15) is 0 Å². The minimum absolute atomic E-state index is 0.905. The molecule has 2 heteroatoms. The SMILES string of the molecule is c1ccc2c(c1)Oc1cccc3c(-c4cccc5c(-c6ccc(-c7ccc8c9c(cccc79)Oc7ccccc7-8)c7ccccc67)cccc45)ccc-2c13. The van der Waals surface area contributed by atoms with Crippen molar-refractivity contribution >= 4 is 43.1 Å². The van der Waals surface area contributed by atoms with Gasteiger partial charge in [-0.2, -0.15) is 0 Å². The zero-order chi connectivity index (χ0) is 35.3. The predicted molar refractivity (Wildman–Crippen MR) is 224 cm³/mol. The van der Waals surface area contributed by atoms with Gasteiger partial charge in [0.15, 0.2) is 0 Å². The Bertz CT molecular complexity index is 3050. The molecule has 0 unspecified atom stereocenters. The first-order chi connectivity index (χ1) is 26.8. The summed E-state index contributed by atoms with van der Waals surface area (Å²) in [4.78, 5) is 0. The molecule has 250 valence electrons. The summed E-state index contributed by atoms with van der Waals surface area (Å²) in [6.45, 7) is 0. The fourth-order valence-corrected chi connectivity index (χ4v) is 9.18. The van der Waals surface area contributed by atoms with Gasteiger partial charge in [-0.3, -0.25) is 0 Å². The molecule has 0 aliphatic carbocycles. The molecular formula is C52H30O2. The van der Waals surface area contributed by atoms with Crippen LogP contribution in [-0.4, -0.2) is 0 Å². The summed E-state index contributed by atoms with van der Waals surface area (Å²) in [6, 6.07) is 65.6. The average molecular weight is 687 g/mol. The highest BCUT2D eigenvalue weighted by atomic mass is 16.5. The van der Waals surface area contributed by atoms with Crippen LogP contribution < -0.4 is 9.47 Å². The molecule has 0 fully saturated rings. The van der Waals surface area contributed by atoms with Gasteiger partial charge in [-0.1, -0.05) is 158 Å². The lowest BCUT2D eigenvalue weighted by molar-refractivity contribution is 0.487. The van der Waals surface area contributed by atoms with Crippen LogP contribution >= 0.6 is 0 Å². The fraction of sp³-hybridized carbons (Fsp3) is 0. The zero-order valence-electron chi connectivity index (χ0n) is 29.1. The van der Waals surface area contributed by atoms with Gasteiger partial charge in [0.1, 0.15) is 23.0 Å². The maximum absolute atomic E-state index is 6.44. The van der Waals surface area contributed by atoms with Crippen molar-refractivity contribution in [2.75, 3.05) is 0 Å². The van der Waals surface area contributed by atoms with E-state index in [2.05, 4.69) is 170 Å². The minimum atomic E-state index is 0.905. The van der Waals surface area contributed by atoms with Gasteiger partial charge in [0, 0.05) is 21.9 Å². The van der Waals surface area contributed by atoms with E-state index in [-0.39, 0.29) is 0 Å². The van der Waals surface area contributed by atoms with Gasteiger partial charge in [-0.05, 0) is 101 Å². The topological polar surface area (TPSA) is 18.5 Å². The van der Waals surface area contributed by atoms with Crippen LogP contribution in [0.25, 0.3) is 98.7 Å². The second-order valence-corrected chi connectivity index (χ2v) is 14.3. The van der Waals surface area contributed by atoms with Crippen LogP contribution in [0.15, 0.2) is 182 Å². The van der Waals surface area contributed by atoms with Gasteiger partial charge in [0.2, 0.25) is 0 Å². The van der Waals surface area contributed by atoms with E-state index in [0.717, 1.165) is 44.9 Å². The number of para-hydroxylation sites is 2. The Labute approximate surface area is 312 Å². The second kappa shape index (κ2) is 11.2. The molecule has 0 aromatic heterocycles. The minimum Gasteiger partial charge on any atom is -0.456 e. The molecule has 0 amide bonds. The van der Waals surface area contributed by atoms with Gasteiger partial charge < -0.3 is 9.47 Å². The Morgan fingerprint density at radius 3 is 0.926 bits per heavy atom. The van der Waals surface area contributed by atoms with Gasteiger partial charge in [0.05, 0.1) is 0 Å². The van der Waals surface area contributed by atoms with E-state index in [4.69, 9.17) is 9.47 Å². The van der Waals surface area contributed by atoms with Crippen LogP contribution in [0.2, 0.25) is 0 Å². The van der Waals surface area contributed by atoms with Crippen molar-refractivity contribution in [2.45, 2.75) is 0 Å². The molecule has 2 nitrogen and oxygen atoms in total. The Hall–Kier alpha value is -7.16. The highest BCUT2D eigenvalue weighted by Crippen LogP contribution is 2.51. The molecule has 54 heavy (non-hydrogen) atoms. The maximum atomic E-state index is 6.44. The van der Waals surface area contributed by atoms with E-state index in [1.54, 1.807) is 0 Å². The van der Waals surface area contributed by atoms with Crippen LogP contribution in [-0.2, 0) is 0 Å². The van der Waals surface area contributed by atoms with Crippen LogP contribution in [0.3, 0.4) is 0 Å². The van der Waals surface area contributed by atoms with E-state index >= 15 is 0 Å². The summed E-state index contributed by atoms with van der Waals surface area (Å²) in [5, 5.41) is 9.63. The van der Waals surface area contributed by atoms with E-state index < -0.39 is 0 Å². The van der Waals surface area contributed by atoms with Crippen LogP contribution in [0.4, 0.5) is 0 Å². The van der Waals surface area contributed by atoms with Crippen molar-refractivity contribution in [3.8, 4) is 78.6 Å². The Morgan fingerprint density at radius 2 is 0.463 bits per heavy atom. The van der Waals surface area contributed by atoms with Gasteiger partial charge in [0.25, 0.3) is 0 Å². The maximum Gasteiger partial charge on any atom is 0.135 e. The second-order valence-electron chi connectivity index (χ2n) is 14.3. The number of rotatable bonds is 3. The number of benzene rings is 10. The molecular weight excluding hydrogens is 657 g/mol. The van der Waals surface area contributed by atoms with Gasteiger partial charge in [-0.15, -0.1) is 0 Å². The molecule has 0 atom stereocenters. The first-order valence-electron chi connectivity index (χ1n) is 18.5. The van der Waals surface area contributed by atoms with Crippen molar-refractivity contribution < 1.29 is 9.47 Å². The third kappa shape index (κ3) is 4.11. The first-order valence-corrected chi connectivity index (χ1v) is 18.5. The van der Waals surface area contributed by atoms with Crippen molar-refractivity contribution in [3.05, 3.63) is 182 Å². The molecule has 2 aliphatic rings. The lowest BCUT2D eigenvalue weighted by Gasteiger charge is -2.23. The molecule has 2 aliphatic heterocycles. The summed E-state index contributed by atoms with van der Waals surface area (Å²) < 4.78 is 12.9. The molecule has 0 bridgehead atoms. The highest BCUT2D eigenvalue weighted by Gasteiger charge is 2.24. The van der Waals surface area contributed by atoms with Gasteiger partial charge >= 0.3 is 0 Å². The summed E-state index contributed by atoms with van der Waals surface area (Å²) in [5.74, 6) is 3.62. The largest absolute Gasteiger partial charge is 0.456 e. The van der Waals surface area contributed by atoms with E-state index in [9.17, 15) is 0 Å². The Kier molecular flexibility index (Phi) is 6.09. The predicted octanol–water partition coefficient (Wildman–Crippen LogP) is 14.8. The Morgan fingerprint density at radius 1 is 0.185 bits per heavy atom. The number of fused-ring (bicyclic) bond motifs is 6. The third-order valence-electron chi connectivity index (χ3n) is 11.5. The molecule has 0 spiro atoms. The number of hydrogen-bond donors (Lipinski definition) is 0. The monoisotopic (exact) mass is 686 g/mol. The van der Waals surface area contributed by atoms with Crippen molar-refractivity contribution in [1.29, 1.82) is 0 Å². The van der Waals surface area contributed by atoms with Crippen LogP contribution in [0, 0.1) is 0 Å². The molecule has 10 aromatic carbocycles. The smallest absolute Gasteiger partial charge is 0.135 e.